The zero-order chi connectivity index (χ0) is 12.6. The van der Waals surface area contributed by atoms with Crippen LogP contribution in [0.1, 0.15) is 31.2 Å². The smallest absolute Gasteiger partial charge is 0.0509 e. The van der Waals surface area contributed by atoms with Crippen LogP contribution in [0, 0.1) is 5.92 Å². The summed E-state index contributed by atoms with van der Waals surface area (Å²) < 4.78 is 5.53. The van der Waals surface area contributed by atoms with Crippen LogP contribution in [0.25, 0.3) is 0 Å². The minimum atomic E-state index is 0.397. The number of hydrazine groups is 1. The first-order chi connectivity index (χ1) is 8.90. The Morgan fingerprint density at radius 3 is 2.83 bits per heavy atom. The molecule has 0 aliphatic carbocycles. The maximum Gasteiger partial charge on any atom is 0.0509 e. The van der Waals surface area contributed by atoms with Crippen LogP contribution >= 0.6 is 0 Å². The maximum atomic E-state index is 5.68. The van der Waals surface area contributed by atoms with Gasteiger partial charge in [0.15, 0.2) is 0 Å². The molecule has 100 valence electrons. The number of hydrogen-bond donors (Lipinski definition) is 2. The van der Waals surface area contributed by atoms with Gasteiger partial charge >= 0.3 is 0 Å². The Morgan fingerprint density at radius 2 is 2.17 bits per heavy atom. The number of nitrogens with one attached hydrogen (secondary N) is 1. The Hall–Kier alpha value is -0.900. The third-order valence-electron chi connectivity index (χ3n) is 3.80. The SMILES string of the molecule is NNC(CCCc1ccccc1)C1CCCOC1. The minimum absolute atomic E-state index is 0.397. The van der Waals surface area contributed by atoms with Gasteiger partial charge in [-0.3, -0.25) is 11.3 Å². The van der Waals surface area contributed by atoms with Crippen LogP contribution in [0.15, 0.2) is 30.3 Å². The van der Waals surface area contributed by atoms with Gasteiger partial charge in [0.25, 0.3) is 0 Å². The molecule has 2 unspecified atom stereocenters. The number of aryl methyl sites for hydroxylation is 1. The van der Waals surface area contributed by atoms with Crippen LogP contribution in [0.3, 0.4) is 0 Å². The average molecular weight is 248 g/mol. The highest BCUT2D eigenvalue weighted by Gasteiger charge is 2.22. The first-order valence-electron chi connectivity index (χ1n) is 6.98. The Morgan fingerprint density at radius 1 is 1.33 bits per heavy atom. The van der Waals surface area contributed by atoms with E-state index >= 15 is 0 Å². The topological polar surface area (TPSA) is 47.3 Å². The van der Waals surface area contributed by atoms with Crippen molar-refractivity contribution in [3.05, 3.63) is 35.9 Å². The molecule has 18 heavy (non-hydrogen) atoms. The van der Waals surface area contributed by atoms with Gasteiger partial charge in [-0.25, -0.2) is 0 Å². The fraction of sp³-hybridized carbons (Fsp3) is 0.600. The Bertz CT molecular complexity index is 323. The summed E-state index contributed by atoms with van der Waals surface area (Å²) in [5.41, 5.74) is 4.39. The van der Waals surface area contributed by atoms with Gasteiger partial charge in [-0.2, -0.15) is 0 Å². The van der Waals surface area contributed by atoms with Crippen molar-refractivity contribution in [3.63, 3.8) is 0 Å². The maximum absolute atomic E-state index is 5.68. The van der Waals surface area contributed by atoms with Crippen LogP contribution in [0.5, 0.6) is 0 Å². The number of nitrogens with two attached hydrogens (primary N) is 1. The molecule has 3 heteroatoms. The van der Waals surface area contributed by atoms with Crippen molar-refractivity contribution in [3.8, 4) is 0 Å². The van der Waals surface area contributed by atoms with E-state index in [0.29, 0.717) is 12.0 Å². The zero-order valence-electron chi connectivity index (χ0n) is 11.0. The summed E-state index contributed by atoms with van der Waals surface area (Å²) in [5, 5.41) is 0. The van der Waals surface area contributed by atoms with E-state index < -0.39 is 0 Å². The van der Waals surface area contributed by atoms with Crippen LogP contribution in [-0.2, 0) is 11.2 Å². The number of hydrogen-bond acceptors (Lipinski definition) is 3. The quantitative estimate of drug-likeness (QED) is 0.599. The van der Waals surface area contributed by atoms with E-state index in [0.717, 1.165) is 26.1 Å². The summed E-state index contributed by atoms with van der Waals surface area (Å²) in [5.74, 6) is 6.26. The molecule has 0 amide bonds. The summed E-state index contributed by atoms with van der Waals surface area (Å²) in [6.07, 6.45) is 5.84. The van der Waals surface area contributed by atoms with Gasteiger partial charge in [0.05, 0.1) is 6.61 Å². The second kappa shape index (κ2) is 7.52. The first kappa shape index (κ1) is 13.5. The molecule has 0 saturated carbocycles. The molecule has 1 heterocycles. The van der Waals surface area contributed by atoms with Crippen molar-refractivity contribution in [2.45, 2.75) is 38.1 Å². The van der Waals surface area contributed by atoms with Crippen LogP contribution in [0.2, 0.25) is 0 Å². The Kier molecular flexibility index (Phi) is 5.65. The molecule has 0 aromatic heterocycles. The lowest BCUT2D eigenvalue weighted by molar-refractivity contribution is 0.0376. The molecule has 1 fully saturated rings. The molecule has 1 aromatic rings. The fourth-order valence-corrected chi connectivity index (χ4v) is 2.71. The number of rotatable bonds is 6. The highest BCUT2D eigenvalue weighted by molar-refractivity contribution is 5.14. The zero-order valence-corrected chi connectivity index (χ0v) is 11.0. The van der Waals surface area contributed by atoms with Crippen LogP contribution < -0.4 is 11.3 Å². The van der Waals surface area contributed by atoms with E-state index in [2.05, 4.69) is 35.8 Å². The van der Waals surface area contributed by atoms with Crippen molar-refractivity contribution in [1.82, 2.24) is 5.43 Å². The summed E-state index contributed by atoms with van der Waals surface area (Å²) in [6.45, 7) is 1.78. The van der Waals surface area contributed by atoms with E-state index in [-0.39, 0.29) is 0 Å². The van der Waals surface area contributed by atoms with E-state index in [1.165, 1.54) is 24.8 Å². The Balaban J connectivity index is 1.73. The monoisotopic (exact) mass is 248 g/mol. The van der Waals surface area contributed by atoms with Crippen molar-refractivity contribution in [2.24, 2.45) is 11.8 Å². The second-order valence-electron chi connectivity index (χ2n) is 5.13. The van der Waals surface area contributed by atoms with Gasteiger partial charge in [-0.15, -0.1) is 0 Å². The predicted octanol–water partition coefficient (Wildman–Crippen LogP) is 2.27. The lowest BCUT2D eigenvalue weighted by Crippen LogP contribution is -2.43. The molecule has 0 bridgehead atoms. The van der Waals surface area contributed by atoms with Gasteiger partial charge in [0.2, 0.25) is 0 Å². The van der Waals surface area contributed by atoms with Crippen LogP contribution in [0.4, 0.5) is 0 Å². The minimum Gasteiger partial charge on any atom is -0.381 e. The van der Waals surface area contributed by atoms with E-state index in [4.69, 9.17) is 10.6 Å². The van der Waals surface area contributed by atoms with Gasteiger partial charge in [0.1, 0.15) is 0 Å². The highest BCUT2D eigenvalue weighted by Crippen LogP contribution is 2.20. The molecule has 1 saturated heterocycles. The van der Waals surface area contributed by atoms with E-state index in [1.807, 2.05) is 0 Å². The van der Waals surface area contributed by atoms with Crippen molar-refractivity contribution >= 4 is 0 Å². The average Bonchev–Trinajstić information content (AvgIpc) is 2.46. The summed E-state index contributed by atoms with van der Waals surface area (Å²) in [6, 6.07) is 11.0. The van der Waals surface area contributed by atoms with Gasteiger partial charge < -0.3 is 4.74 Å². The molecule has 0 radical (unpaired) electrons. The summed E-state index contributed by atoms with van der Waals surface area (Å²) >= 11 is 0. The fourth-order valence-electron chi connectivity index (χ4n) is 2.71. The molecule has 3 nitrogen and oxygen atoms in total. The molecule has 1 aromatic carbocycles. The molecule has 1 aliphatic rings. The third kappa shape index (κ3) is 4.09. The predicted molar refractivity (Wildman–Crippen MR) is 74.0 cm³/mol. The molecule has 0 spiro atoms. The third-order valence-corrected chi connectivity index (χ3v) is 3.80. The molecular formula is C15H24N2O. The molecular weight excluding hydrogens is 224 g/mol. The Labute approximate surface area is 110 Å². The van der Waals surface area contributed by atoms with E-state index in [9.17, 15) is 0 Å². The lowest BCUT2D eigenvalue weighted by atomic mass is 9.90. The van der Waals surface area contributed by atoms with Crippen molar-refractivity contribution in [1.29, 1.82) is 0 Å². The van der Waals surface area contributed by atoms with Crippen molar-refractivity contribution in [2.75, 3.05) is 13.2 Å². The van der Waals surface area contributed by atoms with Gasteiger partial charge in [0, 0.05) is 12.6 Å². The largest absolute Gasteiger partial charge is 0.381 e. The van der Waals surface area contributed by atoms with Crippen LogP contribution in [-0.4, -0.2) is 19.3 Å². The molecule has 3 N–H and O–H groups in total. The molecule has 1 aliphatic heterocycles. The second-order valence-corrected chi connectivity index (χ2v) is 5.13. The van der Waals surface area contributed by atoms with Gasteiger partial charge in [-0.1, -0.05) is 30.3 Å². The number of benzene rings is 1. The standard InChI is InChI=1S/C15H24N2O/c16-17-15(14-9-5-11-18-12-14)10-4-8-13-6-2-1-3-7-13/h1-3,6-7,14-15,17H,4-5,8-12,16H2. The highest BCUT2D eigenvalue weighted by atomic mass is 16.5. The number of ether oxygens (including phenoxy) is 1. The summed E-state index contributed by atoms with van der Waals surface area (Å²) in [4.78, 5) is 0. The first-order valence-corrected chi connectivity index (χ1v) is 6.98. The molecule has 2 atom stereocenters. The normalized spacial score (nSPS) is 21.7. The van der Waals surface area contributed by atoms with Crippen molar-refractivity contribution < 1.29 is 4.74 Å². The van der Waals surface area contributed by atoms with Gasteiger partial charge in [-0.05, 0) is 43.6 Å². The molecule has 2 rings (SSSR count). The van der Waals surface area contributed by atoms with E-state index in [1.54, 1.807) is 0 Å². The lowest BCUT2D eigenvalue weighted by Gasteiger charge is -2.29. The summed E-state index contributed by atoms with van der Waals surface area (Å²) in [7, 11) is 0.